The molecule has 0 fully saturated rings. The van der Waals surface area contributed by atoms with Gasteiger partial charge in [-0.05, 0) is 0 Å². The lowest BCUT2D eigenvalue weighted by molar-refractivity contribution is 0.0879. The monoisotopic (exact) mass is 199 g/mol. The molecule has 0 aromatic carbocycles. The van der Waals surface area contributed by atoms with E-state index < -0.39 is 6.04 Å². The van der Waals surface area contributed by atoms with Gasteiger partial charge in [0, 0.05) is 13.2 Å². The summed E-state index contributed by atoms with van der Waals surface area (Å²) in [5, 5.41) is 23.7. The smallest absolute Gasteiger partial charge is 0.254 e. The molecule has 0 aliphatic carbocycles. The molecular weight excluding hydrogens is 186 g/mol. The van der Waals surface area contributed by atoms with Crippen LogP contribution in [-0.4, -0.2) is 45.2 Å². The highest BCUT2D eigenvalue weighted by Crippen LogP contribution is 1.96. The van der Waals surface area contributed by atoms with Gasteiger partial charge in [0.1, 0.15) is 0 Å². The van der Waals surface area contributed by atoms with Crippen LogP contribution in [0.3, 0.4) is 0 Å². The van der Waals surface area contributed by atoms with Gasteiger partial charge < -0.3 is 15.5 Å². The summed E-state index contributed by atoms with van der Waals surface area (Å²) in [5.41, 5.74) is 0.402. The van der Waals surface area contributed by atoms with Gasteiger partial charge in [-0.15, -0.1) is 0 Å². The SMILES string of the molecule is Cn1cc(C(=O)NC(CO)CO)cn1. The molecule has 0 unspecified atom stereocenters. The third kappa shape index (κ3) is 2.54. The van der Waals surface area contributed by atoms with E-state index in [1.807, 2.05) is 0 Å². The second-order valence-electron chi connectivity index (χ2n) is 2.94. The number of carbonyl (C=O) groups is 1. The number of aryl methyl sites for hydroxylation is 1. The van der Waals surface area contributed by atoms with Crippen molar-refractivity contribution < 1.29 is 15.0 Å². The molecule has 6 heteroatoms. The first-order valence-corrected chi connectivity index (χ1v) is 4.18. The molecule has 1 heterocycles. The van der Waals surface area contributed by atoms with Crippen molar-refractivity contribution in [1.29, 1.82) is 0 Å². The number of rotatable bonds is 4. The van der Waals surface area contributed by atoms with Crippen LogP contribution in [0, 0.1) is 0 Å². The third-order valence-electron chi connectivity index (χ3n) is 1.74. The van der Waals surface area contributed by atoms with Crippen LogP contribution in [0.1, 0.15) is 10.4 Å². The van der Waals surface area contributed by atoms with E-state index in [1.165, 1.54) is 10.9 Å². The maximum Gasteiger partial charge on any atom is 0.254 e. The molecule has 1 amide bonds. The lowest BCUT2D eigenvalue weighted by Crippen LogP contribution is -2.39. The summed E-state index contributed by atoms with van der Waals surface area (Å²) in [7, 11) is 1.70. The van der Waals surface area contributed by atoms with E-state index >= 15 is 0 Å². The van der Waals surface area contributed by atoms with Crippen LogP contribution >= 0.6 is 0 Å². The van der Waals surface area contributed by atoms with E-state index in [0.717, 1.165) is 0 Å². The molecule has 14 heavy (non-hydrogen) atoms. The molecule has 1 rings (SSSR count). The predicted molar refractivity (Wildman–Crippen MR) is 48.6 cm³/mol. The number of nitrogens with one attached hydrogen (secondary N) is 1. The Kier molecular flexibility index (Phi) is 3.61. The zero-order chi connectivity index (χ0) is 10.6. The first kappa shape index (κ1) is 10.7. The molecule has 0 bridgehead atoms. The van der Waals surface area contributed by atoms with E-state index in [1.54, 1.807) is 13.2 Å². The highest BCUT2D eigenvalue weighted by Gasteiger charge is 2.12. The summed E-state index contributed by atoms with van der Waals surface area (Å²) >= 11 is 0. The molecule has 0 spiro atoms. The van der Waals surface area contributed by atoms with Crippen LogP contribution in [-0.2, 0) is 7.05 Å². The van der Waals surface area contributed by atoms with Crippen molar-refractivity contribution in [3.05, 3.63) is 18.0 Å². The Hall–Kier alpha value is -1.40. The number of hydrogen-bond acceptors (Lipinski definition) is 4. The van der Waals surface area contributed by atoms with Gasteiger partial charge in [-0.2, -0.15) is 5.10 Å². The molecule has 0 saturated carbocycles. The standard InChI is InChI=1S/C8H13N3O3/c1-11-3-6(2-9-11)8(14)10-7(4-12)5-13/h2-3,7,12-13H,4-5H2,1H3,(H,10,14). The fourth-order valence-corrected chi connectivity index (χ4v) is 0.956. The minimum Gasteiger partial charge on any atom is -0.394 e. The Morgan fingerprint density at radius 1 is 1.64 bits per heavy atom. The molecule has 0 aliphatic rings. The summed E-state index contributed by atoms with van der Waals surface area (Å²) < 4.78 is 1.50. The van der Waals surface area contributed by atoms with Crippen molar-refractivity contribution in [2.75, 3.05) is 13.2 Å². The van der Waals surface area contributed by atoms with Gasteiger partial charge in [-0.1, -0.05) is 0 Å². The Bertz CT molecular complexity index is 307. The summed E-state index contributed by atoms with van der Waals surface area (Å²) in [6, 6.07) is -0.622. The molecule has 78 valence electrons. The quantitative estimate of drug-likeness (QED) is 0.551. The third-order valence-corrected chi connectivity index (χ3v) is 1.74. The van der Waals surface area contributed by atoms with Gasteiger partial charge in [0.15, 0.2) is 0 Å². The molecule has 0 saturated heterocycles. The number of nitrogens with zero attached hydrogens (tertiary/aromatic N) is 2. The van der Waals surface area contributed by atoms with Crippen molar-refractivity contribution in [1.82, 2.24) is 15.1 Å². The van der Waals surface area contributed by atoms with Crippen LogP contribution in [0.25, 0.3) is 0 Å². The zero-order valence-corrected chi connectivity index (χ0v) is 7.84. The lowest BCUT2D eigenvalue weighted by Gasteiger charge is -2.11. The van der Waals surface area contributed by atoms with Crippen molar-refractivity contribution in [3.63, 3.8) is 0 Å². The number of aliphatic hydroxyl groups excluding tert-OH is 2. The van der Waals surface area contributed by atoms with Gasteiger partial charge in [0.05, 0.1) is 31.0 Å². The zero-order valence-electron chi connectivity index (χ0n) is 7.84. The summed E-state index contributed by atoms with van der Waals surface area (Å²) in [6.45, 7) is -0.578. The topological polar surface area (TPSA) is 87.4 Å². The molecular formula is C8H13N3O3. The van der Waals surface area contributed by atoms with Crippen molar-refractivity contribution in [2.45, 2.75) is 6.04 Å². The number of amides is 1. The fraction of sp³-hybridized carbons (Fsp3) is 0.500. The second kappa shape index (κ2) is 4.73. The van der Waals surface area contributed by atoms with Crippen LogP contribution < -0.4 is 5.32 Å². The van der Waals surface area contributed by atoms with Gasteiger partial charge in [-0.3, -0.25) is 9.48 Å². The van der Waals surface area contributed by atoms with Crippen LogP contribution in [0.4, 0.5) is 0 Å². The lowest BCUT2D eigenvalue weighted by atomic mass is 10.3. The molecule has 6 nitrogen and oxygen atoms in total. The Morgan fingerprint density at radius 2 is 2.29 bits per heavy atom. The number of aromatic nitrogens is 2. The Morgan fingerprint density at radius 3 is 2.71 bits per heavy atom. The summed E-state index contributed by atoms with van der Waals surface area (Å²) in [6.07, 6.45) is 2.97. The van der Waals surface area contributed by atoms with Gasteiger partial charge in [0.2, 0.25) is 0 Å². The van der Waals surface area contributed by atoms with Crippen molar-refractivity contribution >= 4 is 5.91 Å². The average molecular weight is 199 g/mol. The highest BCUT2D eigenvalue weighted by atomic mass is 16.3. The second-order valence-corrected chi connectivity index (χ2v) is 2.94. The first-order valence-electron chi connectivity index (χ1n) is 4.18. The van der Waals surface area contributed by atoms with E-state index in [2.05, 4.69) is 10.4 Å². The van der Waals surface area contributed by atoms with Crippen molar-refractivity contribution in [3.8, 4) is 0 Å². The van der Waals surface area contributed by atoms with Crippen LogP contribution in [0.2, 0.25) is 0 Å². The largest absolute Gasteiger partial charge is 0.394 e. The minimum atomic E-state index is -0.622. The number of aliphatic hydroxyl groups is 2. The summed E-state index contributed by atoms with van der Waals surface area (Å²) in [4.78, 5) is 11.4. The number of hydrogen-bond donors (Lipinski definition) is 3. The molecule has 0 aliphatic heterocycles. The maximum atomic E-state index is 11.4. The van der Waals surface area contributed by atoms with Crippen LogP contribution in [0.5, 0.6) is 0 Å². The fourth-order valence-electron chi connectivity index (χ4n) is 0.956. The minimum absolute atomic E-state index is 0.289. The highest BCUT2D eigenvalue weighted by molar-refractivity contribution is 5.93. The van der Waals surface area contributed by atoms with E-state index in [4.69, 9.17) is 10.2 Å². The van der Waals surface area contributed by atoms with Gasteiger partial charge in [0.25, 0.3) is 5.91 Å². The Labute approximate surface area is 81.2 Å². The van der Waals surface area contributed by atoms with E-state index in [9.17, 15) is 4.79 Å². The van der Waals surface area contributed by atoms with Crippen LogP contribution in [0.15, 0.2) is 12.4 Å². The molecule has 0 atom stereocenters. The number of carbonyl (C=O) groups excluding carboxylic acids is 1. The molecule has 1 aromatic heterocycles. The summed E-state index contributed by atoms with van der Waals surface area (Å²) in [5.74, 6) is -0.355. The molecule has 3 N–H and O–H groups in total. The molecule has 1 aromatic rings. The average Bonchev–Trinajstić information content (AvgIpc) is 2.61. The van der Waals surface area contributed by atoms with E-state index in [-0.39, 0.29) is 19.1 Å². The van der Waals surface area contributed by atoms with Crippen molar-refractivity contribution in [2.24, 2.45) is 7.05 Å². The Balaban J connectivity index is 2.58. The normalized spacial score (nSPS) is 10.6. The van der Waals surface area contributed by atoms with Gasteiger partial charge in [-0.25, -0.2) is 0 Å². The van der Waals surface area contributed by atoms with E-state index in [0.29, 0.717) is 5.56 Å². The molecule has 0 radical (unpaired) electrons. The predicted octanol–water partition coefficient (Wildman–Crippen LogP) is -1.50. The van der Waals surface area contributed by atoms with Gasteiger partial charge >= 0.3 is 0 Å². The maximum absolute atomic E-state index is 11.4. The first-order chi connectivity index (χ1) is 6.67.